The van der Waals surface area contributed by atoms with Gasteiger partial charge >= 0.3 is 0 Å². The standard InChI is InChI=1S/C27H22FN5O5/c1-37-21-14-19-22(33-23(21)24(29)34)20(10-13-30-19)38-18-8-6-17(7-9-18)32-26(36)27(11-12-27)25(35)31-16-4-2-15(28)3-5-16/h2-10,13-14H,11-12H2,1H3,(H2,29,34)(H,31,35)(H,32,36). The lowest BCUT2D eigenvalue weighted by molar-refractivity contribution is -0.131. The summed E-state index contributed by atoms with van der Waals surface area (Å²) in [6, 6.07) is 15.0. The predicted octanol–water partition coefficient (Wildman–Crippen LogP) is 4.03. The van der Waals surface area contributed by atoms with Crippen molar-refractivity contribution in [3.05, 3.63) is 78.4 Å². The van der Waals surface area contributed by atoms with Crippen LogP contribution in [0.25, 0.3) is 11.0 Å². The number of ether oxygens (including phenoxy) is 2. The minimum atomic E-state index is -1.18. The van der Waals surface area contributed by atoms with Gasteiger partial charge in [0.05, 0.1) is 12.6 Å². The number of primary amides is 1. The van der Waals surface area contributed by atoms with Gasteiger partial charge in [-0.25, -0.2) is 9.37 Å². The van der Waals surface area contributed by atoms with Gasteiger partial charge in [-0.2, -0.15) is 0 Å². The number of hydrogen-bond donors (Lipinski definition) is 3. The summed E-state index contributed by atoms with van der Waals surface area (Å²) < 4.78 is 24.3. The zero-order valence-electron chi connectivity index (χ0n) is 20.2. The Kier molecular flexibility index (Phi) is 6.33. The van der Waals surface area contributed by atoms with Crippen molar-refractivity contribution in [2.45, 2.75) is 12.8 Å². The van der Waals surface area contributed by atoms with E-state index in [1.807, 2.05) is 0 Å². The first kappa shape index (κ1) is 24.6. The molecule has 11 heteroatoms. The summed E-state index contributed by atoms with van der Waals surface area (Å²) in [5, 5.41) is 5.44. The van der Waals surface area contributed by atoms with Crippen molar-refractivity contribution in [2.24, 2.45) is 11.1 Å². The van der Waals surface area contributed by atoms with Crippen LogP contribution in [0.3, 0.4) is 0 Å². The molecule has 4 aromatic rings. The summed E-state index contributed by atoms with van der Waals surface area (Å²) in [6.45, 7) is 0. The molecule has 1 fully saturated rings. The molecule has 0 atom stereocenters. The maximum atomic E-state index is 13.1. The van der Waals surface area contributed by atoms with E-state index in [0.717, 1.165) is 0 Å². The number of carbonyl (C=O) groups excluding carboxylic acids is 3. The van der Waals surface area contributed by atoms with E-state index in [9.17, 15) is 18.8 Å². The van der Waals surface area contributed by atoms with Crippen LogP contribution in [0.15, 0.2) is 66.9 Å². The second kappa shape index (κ2) is 9.77. The fourth-order valence-electron chi connectivity index (χ4n) is 3.89. The number of hydrogen-bond acceptors (Lipinski definition) is 7. The number of benzene rings is 2. The molecule has 38 heavy (non-hydrogen) atoms. The molecule has 2 heterocycles. The van der Waals surface area contributed by atoms with Crippen molar-refractivity contribution < 1.29 is 28.2 Å². The van der Waals surface area contributed by atoms with E-state index in [-0.39, 0.29) is 11.4 Å². The average molecular weight is 516 g/mol. The van der Waals surface area contributed by atoms with Gasteiger partial charge in [-0.05, 0) is 61.4 Å². The minimum Gasteiger partial charge on any atom is -0.494 e. The van der Waals surface area contributed by atoms with Crippen molar-refractivity contribution in [3.63, 3.8) is 0 Å². The average Bonchev–Trinajstić information content (AvgIpc) is 3.73. The Bertz CT molecular complexity index is 1550. The molecule has 4 N–H and O–H groups in total. The van der Waals surface area contributed by atoms with Crippen LogP contribution in [0.5, 0.6) is 17.2 Å². The Morgan fingerprint density at radius 1 is 0.921 bits per heavy atom. The molecule has 1 aliphatic carbocycles. The second-order valence-corrected chi connectivity index (χ2v) is 8.70. The summed E-state index contributed by atoms with van der Waals surface area (Å²) >= 11 is 0. The maximum absolute atomic E-state index is 13.1. The number of nitrogens with two attached hydrogens (primary N) is 1. The highest BCUT2D eigenvalue weighted by Crippen LogP contribution is 2.47. The zero-order chi connectivity index (χ0) is 26.9. The molecule has 3 amide bonds. The lowest BCUT2D eigenvalue weighted by Gasteiger charge is -2.16. The van der Waals surface area contributed by atoms with Gasteiger partial charge < -0.3 is 25.8 Å². The molecule has 0 radical (unpaired) electrons. The third kappa shape index (κ3) is 4.81. The molecule has 0 spiro atoms. The van der Waals surface area contributed by atoms with Gasteiger partial charge in [0.25, 0.3) is 5.91 Å². The number of fused-ring (bicyclic) bond motifs is 1. The zero-order valence-corrected chi connectivity index (χ0v) is 20.2. The van der Waals surface area contributed by atoms with Crippen LogP contribution in [0, 0.1) is 11.2 Å². The first-order chi connectivity index (χ1) is 18.3. The maximum Gasteiger partial charge on any atom is 0.271 e. The van der Waals surface area contributed by atoms with Gasteiger partial charge in [-0.3, -0.25) is 19.4 Å². The monoisotopic (exact) mass is 515 g/mol. The van der Waals surface area contributed by atoms with Crippen LogP contribution in [0.1, 0.15) is 23.3 Å². The summed E-state index contributed by atoms with van der Waals surface area (Å²) in [6.07, 6.45) is 2.35. The van der Waals surface area contributed by atoms with E-state index in [2.05, 4.69) is 20.6 Å². The fourth-order valence-corrected chi connectivity index (χ4v) is 3.89. The van der Waals surface area contributed by atoms with Gasteiger partial charge in [-0.15, -0.1) is 0 Å². The summed E-state index contributed by atoms with van der Waals surface area (Å²) in [4.78, 5) is 46.0. The van der Waals surface area contributed by atoms with Crippen LogP contribution in [0.2, 0.25) is 0 Å². The van der Waals surface area contributed by atoms with E-state index in [1.54, 1.807) is 36.4 Å². The third-order valence-corrected chi connectivity index (χ3v) is 6.16. The molecule has 1 saturated carbocycles. The van der Waals surface area contributed by atoms with E-state index in [0.29, 0.717) is 46.7 Å². The summed E-state index contributed by atoms with van der Waals surface area (Å²) in [5.41, 5.74) is 5.85. The largest absolute Gasteiger partial charge is 0.494 e. The second-order valence-electron chi connectivity index (χ2n) is 8.70. The van der Waals surface area contributed by atoms with E-state index in [1.165, 1.54) is 37.6 Å². The predicted molar refractivity (Wildman–Crippen MR) is 136 cm³/mol. The van der Waals surface area contributed by atoms with E-state index < -0.39 is 29.0 Å². The smallest absolute Gasteiger partial charge is 0.271 e. The molecule has 1 aliphatic rings. The highest BCUT2D eigenvalue weighted by Gasteiger charge is 2.56. The normalized spacial score (nSPS) is 13.4. The van der Waals surface area contributed by atoms with Crippen molar-refractivity contribution in [2.75, 3.05) is 17.7 Å². The third-order valence-electron chi connectivity index (χ3n) is 6.16. The quantitative estimate of drug-likeness (QED) is 0.300. The van der Waals surface area contributed by atoms with Gasteiger partial charge in [0.1, 0.15) is 22.5 Å². The number of nitrogens with zero attached hydrogens (tertiary/aromatic N) is 2. The molecule has 5 rings (SSSR count). The molecule has 0 aliphatic heterocycles. The van der Waals surface area contributed by atoms with Crippen molar-refractivity contribution in [3.8, 4) is 17.2 Å². The summed E-state index contributed by atoms with van der Waals surface area (Å²) in [5.74, 6) is -1.06. The highest BCUT2D eigenvalue weighted by atomic mass is 19.1. The van der Waals surface area contributed by atoms with Gasteiger partial charge in [-0.1, -0.05) is 0 Å². The highest BCUT2D eigenvalue weighted by molar-refractivity contribution is 6.16. The Morgan fingerprint density at radius 2 is 1.53 bits per heavy atom. The number of aromatic nitrogens is 2. The van der Waals surface area contributed by atoms with Gasteiger partial charge in [0.15, 0.2) is 17.2 Å². The number of nitrogens with one attached hydrogen (secondary N) is 2. The molecule has 0 unspecified atom stereocenters. The summed E-state index contributed by atoms with van der Waals surface area (Å²) in [7, 11) is 1.40. The molecular formula is C27H22FN5O5. The van der Waals surface area contributed by atoms with Gasteiger partial charge in [0, 0.05) is 29.7 Å². The molecule has 0 saturated heterocycles. The Balaban J connectivity index is 1.28. The molecular weight excluding hydrogens is 493 g/mol. The number of rotatable bonds is 8. The fraction of sp³-hybridized carbons (Fsp3) is 0.148. The van der Waals surface area contributed by atoms with E-state index >= 15 is 0 Å². The molecule has 0 bridgehead atoms. The number of methoxy groups -OCH3 is 1. The number of amides is 3. The van der Waals surface area contributed by atoms with Crippen LogP contribution in [-0.4, -0.2) is 34.8 Å². The molecule has 10 nitrogen and oxygen atoms in total. The molecule has 2 aromatic carbocycles. The number of anilines is 2. The van der Waals surface area contributed by atoms with Crippen molar-refractivity contribution in [1.29, 1.82) is 0 Å². The van der Waals surface area contributed by atoms with Crippen molar-refractivity contribution in [1.82, 2.24) is 9.97 Å². The van der Waals surface area contributed by atoms with Gasteiger partial charge in [0.2, 0.25) is 11.8 Å². The van der Waals surface area contributed by atoms with Crippen LogP contribution in [-0.2, 0) is 9.59 Å². The van der Waals surface area contributed by atoms with Crippen LogP contribution >= 0.6 is 0 Å². The molecule has 2 aromatic heterocycles. The lowest BCUT2D eigenvalue weighted by Crippen LogP contribution is -2.35. The van der Waals surface area contributed by atoms with Crippen LogP contribution in [0.4, 0.5) is 15.8 Å². The van der Waals surface area contributed by atoms with E-state index in [4.69, 9.17) is 15.2 Å². The number of halogens is 1. The molecule has 192 valence electrons. The Hall–Kier alpha value is -5.06. The van der Waals surface area contributed by atoms with Crippen LogP contribution < -0.4 is 25.8 Å². The Morgan fingerprint density at radius 3 is 2.08 bits per heavy atom. The SMILES string of the molecule is COc1cc2nccc(Oc3ccc(NC(=O)C4(C(=O)Nc5ccc(F)cc5)CC4)cc3)c2nc1C(N)=O. The minimum absolute atomic E-state index is 0.0478. The number of carbonyl (C=O) groups is 3. The first-order valence-electron chi connectivity index (χ1n) is 11.6. The first-order valence-corrected chi connectivity index (χ1v) is 11.6. The Labute approximate surface area is 216 Å². The topological polar surface area (TPSA) is 146 Å². The number of pyridine rings is 2. The lowest BCUT2D eigenvalue weighted by atomic mass is 10.0. The van der Waals surface area contributed by atoms with Crippen molar-refractivity contribution >= 4 is 40.1 Å².